The van der Waals surface area contributed by atoms with Crippen LogP contribution in [0.25, 0.3) is 11.3 Å². The van der Waals surface area contributed by atoms with Crippen molar-refractivity contribution in [1.82, 2.24) is 4.98 Å². The number of Topliss-reactive ketones (excluding diaryl/α,β-unsaturated/α-hetero) is 1. The van der Waals surface area contributed by atoms with Gasteiger partial charge in [0.25, 0.3) is 0 Å². The first-order chi connectivity index (χ1) is 8.15. The summed E-state index contributed by atoms with van der Waals surface area (Å²) in [7, 11) is 0. The molecule has 0 saturated heterocycles. The van der Waals surface area contributed by atoms with Crippen molar-refractivity contribution >= 4 is 5.78 Å². The van der Waals surface area contributed by atoms with E-state index in [2.05, 4.69) is 4.98 Å². The minimum absolute atomic E-state index is 0.180. The molecule has 1 aromatic heterocycles. The summed E-state index contributed by atoms with van der Waals surface area (Å²) < 4.78 is 0. The summed E-state index contributed by atoms with van der Waals surface area (Å²) in [6.45, 7) is 3.58. The smallest absolute Gasteiger partial charge is 0.134 e. The van der Waals surface area contributed by atoms with Crippen LogP contribution in [0.4, 0.5) is 0 Å². The molecule has 2 rings (SSSR count). The lowest BCUT2D eigenvalue weighted by Crippen LogP contribution is -1.96. The van der Waals surface area contributed by atoms with Gasteiger partial charge < -0.3 is 0 Å². The maximum atomic E-state index is 11.1. The average Bonchev–Trinajstić information content (AvgIpc) is 2.28. The zero-order chi connectivity index (χ0) is 12.3. The minimum atomic E-state index is 0.180. The van der Waals surface area contributed by atoms with Crippen molar-refractivity contribution in [3.05, 3.63) is 53.7 Å². The van der Waals surface area contributed by atoms with Crippen LogP contribution in [0.5, 0.6) is 0 Å². The van der Waals surface area contributed by atoms with E-state index < -0.39 is 0 Å². The van der Waals surface area contributed by atoms with Crippen LogP contribution in [-0.4, -0.2) is 10.8 Å². The van der Waals surface area contributed by atoms with Crippen LogP contribution in [0.15, 0.2) is 42.5 Å². The molecule has 86 valence electrons. The Labute approximate surface area is 101 Å². The van der Waals surface area contributed by atoms with Gasteiger partial charge in [-0.1, -0.05) is 24.3 Å². The molecule has 0 saturated carbocycles. The van der Waals surface area contributed by atoms with Crippen molar-refractivity contribution in [2.75, 3.05) is 0 Å². The largest absolute Gasteiger partial charge is 0.300 e. The number of rotatable bonds is 3. The Morgan fingerprint density at radius 2 is 1.94 bits per heavy atom. The molecule has 0 spiro atoms. The van der Waals surface area contributed by atoms with Crippen LogP contribution in [0.2, 0.25) is 0 Å². The zero-order valence-electron chi connectivity index (χ0n) is 10.1. The molecule has 0 amide bonds. The summed E-state index contributed by atoms with van der Waals surface area (Å²) in [5.41, 5.74) is 4.06. The number of benzene rings is 1. The molecule has 0 bridgehead atoms. The molecular formula is C15H15NO. The van der Waals surface area contributed by atoms with E-state index in [1.54, 1.807) is 6.92 Å². The Morgan fingerprint density at radius 1 is 1.18 bits per heavy atom. The van der Waals surface area contributed by atoms with Gasteiger partial charge in [-0.2, -0.15) is 0 Å². The molecule has 0 fully saturated rings. The van der Waals surface area contributed by atoms with Crippen molar-refractivity contribution in [3.8, 4) is 11.3 Å². The number of nitrogens with zero attached hydrogens (tertiary/aromatic N) is 1. The quantitative estimate of drug-likeness (QED) is 0.803. The minimum Gasteiger partial charge on any atom is -0.300 e. The van der Waals surface area contributed by atoms with Crippen LogP contribution in [0, 0.1) is 6.92 Å². The van der Waals surface area contributed by atoms with Gasteiger partial charge in [-0.05, 0) is 37.6 Å². The van der Waals surface area contributed by atoms with E-state index in [1.807, 2.05) is 49.4 Å². The van der Waals surface area contributed by atoms with Crippen molar-refractivity contribution in [2.24, 2.45) is 0 Å². The first-order valence-corrected chi connectivity index (χ1v) is 5.67. The van der Waals surface area contributed by atoms with Gasteiger partial charge in [-0.15, -0.1) is 0 Å². The van der Waals surface area contributed by atoms with E-state index in [0.29, 0.717) is 6.42 Å². The van der Waals surface area contributed by atoms with Crippen LogP contribution in [0.3, 0.4) is 0 Å². The number of pyridine rings is 1. The van der Waals surface area contributed by atoms with E-state index in [1.165, 1.54) is 0 Å². The summed E-state index contributed by atoms with van der Waals surface area (Å²) in [5.74, 6) is 0.180. The molecule has 2 aromatic rings. The standard InChI is InChI=1S/C15H15NO/c1-11-5-3-8-15(16-11)14-7-4-6-13(10-14)9-12(2)17/h3-8,10H,9H2,1-2H3. The Hall–Kier alpha value is -1.96. The molecule has 0 atom stereocenters. The molecule has 0 aliphatic rings. The lowest BCUT2D eigenvalue weighted by molar-refractivity contribution is -0.116. The number of carbonyl (C=O) groups is 1. The predicted octanol–water partition coefficient (Wildman–Crippen LogP) is 3.19. The molecule has 0 aliphatic carbocycles. The van der Waals surface area contributed by atoms with Crippen LogP contribution in [0.1, 0.15) is 18.2 Å². The predicted molar refractivity (Wildman–Crippen MR) is 68.8 cm³/mol. The maximum Gasteiger partial charge on any atom is 0.134 e. The Morgan fingerprint density at radius 3 is 2.65 bits per heavy atom. The Balaban J connectivity index is 2.36. The highest BCUT2D eigenvalue weighted by molar-refractivity contribution is 5.78. The van der Waals surface area contributed by atoms with Gasteiger partial charge in [0.05, 0.1) is 5.69 Å². The number of aryl methyl sites for hydroxylation is 1. The maximum absolute atomic E-state index is 11.1. The van der Waals surface area contributed by atoms with Gasteiger partial charge in [0.2, 0.25) is 0 Å². The first-order valence-electron chi connectivity index (χ1n) is 5.67. The van der Waals surface area contributed by atoms with E-state index in [0.717, 1.165) is 22.5 Å². The van der Waals surface area contributed by atoms with Gasteiger partial charge in [-0.25, -0.2) is 0 Å². The van der Waals surface area contributed by atoms with E-state index in [9.17, 15) is 4.79 Å². The number of carbonyl (C=O) groups excluding carboxylic acids is 1. The summed E-state index contributed by atoms with van der Waals surface area (Å²) in [6, 6.07) is 13.9. The second-order valence-electron chi connectivity index (χ2n) is 4.24. The summed E-state index contributed by atoms with van der Waals surface area (Å²) in [6.07, 6.45) is 0.486. The van der Waals surface area contributed by atoms with Gasteiger partial charge in [0.1, 0.15) is 5.78 Å². The molecule has 1 heterocycles. The highest BCUT2D eigenvalue weighted by Crippen LogP contribution is 2.18. The topological polar surface area (TPSA) is 30.0 Å². The summed E-state index contributed by atoms with van der Waals surface area (Å²) >= 11 is 0. The average molecular weight is 225 g/mol. The van der Waals surface area contributed by atoms with Crippen molar-refractivity contribution in [1.29, 1.82) is 0 Å². The molecular weight excluding hydrogens is 210 g/mol. The highest BCUT2D eigenvalue weighted by atomic mass is 16.1. The fourth-order valence-electron chi connectivity index (χ4n) is 1.83. The molecule has 0 aliphatic heterocycles. The highest BCUT2D eigenvalue weighted by Gasteiger charge is 2.02. The van der Waals surface area contributed by atoms with Crippen molar-refractivity contribution in [2.45, 2.75) is 20.3 Å². The number of hydrogen-bond acceptors (Lipinski definition) is 2. The van der Waals surface area contributed by atoms with Gasteiger partial charge in [-0.3, -0.25) is 9.78 Å². The molecule has 0 radical (unpaired) electrons. The Bertz CT molecular complexity index is 546. The first kappa shape index (κ1) is 11.5. The zero-order valence-corrected chi connectivity index (χ0v) is 10.1. The molecule has 1 aromatic carbocycles. The Kier molecular flexibility index (Phi) is 3.33. The van der Waals surface area contributed by atoms with Gasteiger partial charge in [0, 0.05) is 17.7 Å². The third-order valence-electron chi connectivity index (χ3n) is 2.56. The molecule has 17 heavy (non-hydrogen) atoms. The molecule has 2 heteroatoms. The van der Waals surface area contributed by atoms with Crippen molar-refractivity contribution < 1.29 is 4.79 Å². The normalized spacial score (nSPS) is 10.2. The SMILES string of the molecule is CC(=O)Cc1cccc(-c2cccc(C)n2)c1. The van der Waals surface area contributed by atoms with E-state index in [-0.39, 0.29) is 5.78 Å². The van der Waals surface area contributed by atoms with E-state index >= 15 is 0 Å². The second kappa shape index (κ2) is 4.91. The van der Waals surface area contributed by atoms with Gasteiger partial charge >= 0.3 is 0 Å². The molecule has 0 N–H and O–H groups in total. The summed E-state index contributed by atoms with van der Waals surface area (Å²) in [5, 5.41) is 0. The monoisotopic (exact) mass is 225 g/mol. The summed E-state index contributed by atoms with van der Waals surface area (Å²) in [4.78, 5) is 15.6. The van der Waals surface area contributed by atoms with Gasteiger partial charge in [0.15, 0.2) is 0 Å². The third-order valence-corrected chi connectivity index (χ3v) is 2.56. The lowest BCUT2D eigenvalue weighted by Gasteiger charge is -2.04. The number of ketones is 1. The third kappa shape index (κ3) is 3.00. The van der Waals surface area contributed by atoms with Crippen LogP contribution < -0.4 is 0 Å². The molecule has 0 unspecified atom stereocenters. The van der Waals surface area contributed by atoms with E-state index in [4.69, 9.17) is 0 Å². The number of aromatic nitrogens is 1. The molecule has 2 nitrogen and oxygen atoms in total. The number of hydrogen-bond donors (Lipinski definition) is 0. The lowest BCUT2D eigenvalue weighted by atomic mass is 10.0. The second-order valence-corrected chi connectivity index (χ2v) is 4.24. The van der Waals surface area contributed by atoms with Crippen LogP contribution in [-0.2, 0) is 11.2 Å². The van der Waals surface area contributed by atoms with Crippen molar-refractivity contribution in [3.63, 3.8) is 0 Å². The van der Waals surface area contributed by atoms with Crippen LogP contribution >= 0.6 is 0 Å². The fourth-order valence-corrected chi connectivity index (χ4v) is 1.83. The fraction of sp³-hybridized carbons (Fsp3) is 0.200.